The molecular formula is C19H18BrClN2O3. The number of ether oxygens (including phenoxy) is 2. The topological polar surface area (TPSA) is 51.1 Å². The Labute approximate surface area is 165 Å². The molecule has 0 radical (unpaired) electrons. The van der Waals surface area contributed by atoms with Gasteiger partial charge in [-0.05, 0) is 29.8 Å². The summed E-state index contributed by atoms with van der Waals surface area (Å²) in [6.07, 6.45) is 0.576. The van der Waals surface area contributed by atoms with Crippen LogP contribution < -0.4 is 9.47 Å². The zero-order valence-corrected chi connectivity index (χ0v) is 16.8. The molecule has 1 heterocycles. The van der Waals surface area contributed by atoms with Gasteiger partial charge in [0.05, 0.1) is 26.0 Å². The monoisotopic (exact) mass is 436 g/mol. The number of hydrogen-bond donors (Lipinski definition) is 0. The van der Waals surface area contributed by atoms with Crippen molar-refractivity contribution in [3.63, 3.8) is 0 Å². The molecule has 0 bridgehead atoms. The standard InChI is InChI=1S/C19H18BrClN2O3/c1-25-14-7-8-15(18(9-14)26-2)17-10-16(22-23(17)19(24)11-21)12-3-5-13(20)6-4-12/h3-9,17H,10-11H2,1-2H3. The Balaban J connectivity index is 1.99. The van der Waals surface area contributed by atoms with Crippen LogP contribution in [0.3, 0.4) is 0 Å². The van der Waals surface area contributed by atoms with Crippen molar-refractivity contribution in [2.75, 3.05) is 20.1 Å². The Morgan fingerprint density at radius 2 is 1.96 bits per heavy atom. The van der Waals surface area contributed by atoms with Gasteiger partial charge in [0, 0.05) is 22.5 Å². The summed E-state index contributed by atoms with van der Waals surface area (Å²) in [4.78, 5) is 12.4. The minimum atomic E-state index is -0.277. The zero-order valence-electron chi connectivity index (χ0n) is 14.4. The van der Waals surface area contributed by atoms with Crippen molar-refractivity contribution in [2.45, 2.75) is 12.5 Å². The number of benzene rings is 2. The van der Waals surface area contributed by atoms with Gasteiger partial charge in [-0.15, -0.1) is 11.6 Å². The highest BCUT2D eigenvalue weighted by Crippen LogP contribution is 2.39. The molecule has 1 atom stereocenters. The maximum Gasteiger partial charge on any atom is 0.258 e. The number of halogens is 2. The lowest BCUT2D eigenvalue weighted by atomic mass is 9.97. The van der Waals surface area contributed by atoms with Crippen molar-refractivity contribution in [1.29, 1.82) is 0 Å². The number of amides is 1. The number of methoxy groups -OCH3 is 2. The molecule has 136 valence electrons. The molecule has 3 rings (SSSR count). The van der Waals surface area contributed by atoms with Crippen LogP contribution >= 0.6 is 27.5 Å². The second kappa shape index (κ2) is 8.10. The zero-order chi connectivity index (χ0) is 18.7. The predicted molar refractivity (Wildman–Crippen MR) is 105 cm³/mol. The summed E-state index contributed by atoms with van der Waals surface area (Å²) in [6, 6.07) is 13.1. The third-order valence-electron chi connectivity index (χ3n) is 4.26. The van der Waals surface area contributed by atoms with Crippen LogP contribution in [0.5, 0.6) is 11.5 Å². The van der Waals surface area contributed by atoms with Gasteiger partial charge in [-0.1, -0.05) is 28.1 Å². The lowest BCUT2D eigenvalue weighted by Crippen LogP contribution is -2.28. The summed E-state index contributed by atoms with van der Waals surface area (Å²) >= 11 is 9.23. The van der Waals surface area contributed by atoms with Gasteiger partial charge >= 0.3 is 0 Å². The molecule has 2 aromatic rings. The Hall–Kier alpha value is -2.05. The van der Waals surface area contributed by atoms with E-state index < -0.39 is 0 Å². The predicted octanol–water partition coefficient (Wildman–Crippen LogP) is 4.38. The molecule has 1 amide bonds. The van der Waals surface area contributed by atoms with Gasteiger partial charge in [0.15, 0.2) is 0 Å². The molecule has 0 N–H and O–H groups in total. The van der Waals surface area contributed by atoms with Gasteiger partial charge in [0.2, 0.25) is 0 Å². The maximum atomic E-state index is 12.4. The number of carbonyl (C=O) groups excluding carboxylic acids is 1. The summed E-state index contributed by atoms with van der Waals surface area (Å²) < 4.78 is 11.8. The number of hydrogen-bond acceptors (Lipinski definition) is 4. The van der Waals surface area contributed by atoms with E-state index in [-0.39, 0.29) is 17.8 Å². The molecule has 7 heteroatoms. The molecule has 0 saturated carbocycles. The first-order chi connectivity index (χ1) is 12.6. The van der Waals surface area contributed by atoms with E-state index in [9.17, 15) is 4.79 Å². The first kappa shape index (κ1) is 18.7. The van der Waals surface area contributed by atoms with Gasteiger partial charge in [-0.3, -0.25) is 4.79 Å². The minimum absolute atomic E-state index is 0.133. The number of nitrogens with zero attached hydrogens (tertiary/aromatic N) is 2. The molecule has 1 unspecified atom stereocenters. The van der Waals surface area contributed by atoms with Crippen molar-refractivity contribution >= 4 is 39.1 Å². The third kappa shape index (κ3) is 3.71. The summed E-state index contributed by atoms with van der Waals surface area (Å²) in [5, 5.41) is 6.00. The fraction of sp³-hybridized carbons (Fsp3) is 0.263. The first-order valence-corrected chi connectivity index (χ1v) is 9.33. The smallest absolute Gasteiger partial charge is 0.258 e. The second-order valence-electron chi connectivity index (χ2n) is 5.75. The van der Waals surface area contributed by atoms with Gasteiger partial charge < -0.3 is 9.47 Å². The van der Waals surface area contributed by atoms with Crippen LogP contribution in [0.25, 0.3) is 0 Å². The average Bonchev–Trinajstić information content (AvgIpc) is 3.12. The molecule has 1 aliphatic heterocycles. The molecule has 0 aromatic heterocycles. The SMILES string of the molecule is COc1ccc(C2CC(c3ccc(Br)cc3)=NN2C(=O)CCl)c(OC)c1. The Morgan fingerprint density at radius 1 is 1.23 bits per heavy atom. The highest BCUT2D eigenvalue weighted by Gasteiger charge is 2.34. The third-order valence-corrected chi connectivity index (χ3v) is 5.01. The number of alkyl halides is 1. The van der Waals surface area contributed by atoms with Crippen molar-refractivity contribution in [3.05, 3.63) is 58.1 Å². The van der Waals surface area contributed by atoms with E-state index in [0.717, 1.165) is 21.3 Å². The molecule has 2 aromatic carbocycles. The number of rotatable bonds is 5. The fourth-order valence-electron chi connectivity index (χ4n) is 2.95. The summed E-state index contributed by atoms with van der Waals surface area (Å²) in [5.74, 6) is 0.954. The normalized spacial score (nSPS) is 16.4. The Morgan fingerprint density at radius 3 is 2.58 bits per heavy atom. The number of carbonyl (C=O) groups is 1. The lowest BCUT2D eigenvalue weighted by Gasteiger charge is -2.23. The van der Waals surface area contributed by atoms with Crippen LogP contribution in [-0.4, -0.2) is 36.7 Å². The molecular weight excluding hydrogens is 420 g/mol. The molecule has 0 aliphatic carbocycles. The molecule has 1 aliphatic rings. The van der Waals surface area contributed by atoms with Crippen LogP contribution in [0.2, 0.25) is 0 Å². The Kier molecular flexibility index (Phi) is 5.84. The van der Waals surface area contributed by atoms with Gasteiger partial charge in [0.25, 0.3) is 5.91 Å². The first-order valence-electron chi connectivity index (χ1n) is 8.00. The van der Waals surface area contributed by atoms with E-state index in [1.165, 1.54) is 5.01 Å². The molecule has 5 nitrogen and oxygen atoms in total. The van der Waals surface area contributed by atoms with Crippen LogP contribution in [0.4, 0.5) is 0 Å². The summed E-state index contributed by atoms with van der Waals surface area (Å²) in [7, 11) is 3.19. The average molecular weight is 438 g/mol. The van der Waals surface area contributed by atoms with Crippen LogP contribution in [-0.2, 0) is 4.79 Å². The molecule has 26 heavy (non-hydrogen) atoms. The minimum Gasteiger partial charge on any atom is -0.497 e. The van der Waals surface area contributed by atoms with E-state index >= 15 is 0 Å². The lowest BCUT2D eigenvalue weighted by molar-refractivity contribution is -0.130. The van der Waals surface area contributed by atoms with E-state index in [4.69, 9.17) is 21.1 Å². The van der Waals surface area contributed by atoms with E-state index in [0.29, 0.717) is 17.9 Å². The van der Waals surface area contributed by atoms with Gasteiger partial charge in [-0.2, -0.15) is 5.10 Å². The highest BCUT2D eigenvalue weighted by molar-refractivity contribution is 9.10. The largest absolute Gasteiger partial charge is 0.497 e. The second-order valence-corrected chi connectivity index (χ2v) is 6.94. The van der Waals surface area contributed by atoms with E-state index in [1.807, 2.05) is 36.4 Å². The van der Waals surface area contributed by atoms with Crippen LogP contribution in [0, 0.1) is 0 Å². The van der Waals surface area contributed by atoms with E-state index in [2.05, 4.69) is 21.0 Å². The van der Waals surface area contributed by atoms with Crippen LogP contribution in [0.1, 0.15) is 23.6 Å². The molecule has 0 spiro atoms. The van der Waals surface area contributed by atoms with Crippen molar-refractivity contribution < 1.29 is 14.3 Å². The van der Waals surface area contributed by atoms with Gasteiger partial charge in [0.1, 0.15) is 17.4 Å². The molecule has 0 saturated heterocycles. The van der Waals surface area contributed by atoms with Crippen molar-refractivity contribution in [2.24, 2.45) is 5.10 Å². The van der Waals surface area contributed by atoms with E-state index in [1.54, 1.807) is 20.3 Å². The summed E-state index contributed by atoms with van der Waals surface area (Å²) in [5.41, 5.74) is 2.66. The quantitative estimate of drug-likeness (QED) is 0.652. The maximum absolute atomic E-state index is 12.4. The highest BCUT2D eigenvalue weighted by atomic mass is 79.9. The van der Waals surface area contributed by atoms with Crippen molar-refractivity contribution in [1.82, 2.24) is 5.01 Å². The number of hydrazone groups is 1. The van der Waals surface area contributed by atoms with Gasteiger partial charge in [-0.25, -0.2) is 5.01 Å². The van der Waals surface area contributed by atoms with Crippen LogP contribution in [0.15, 0.2) is 52.0 Å². The fourth-order valence-corrected chi connectivity index (χ4v) is 3.34. The van der Waals surface area contributed by atoms with Crippen molar-refractivity contribution in [3.8, 4) is 11.5 Å². The summed E-state index contributed by atoms with van der Waals surface area (Å²) in [6.45, 7) is 0. The molecule has 0 fully saturated rings. The Bertz CT molecular complexity index is 839.